The van der Waals surface area contributed by atoms with Gasteiger partial charge in [0.2, 0.25) is 0 Å². The van der Waals surface area contributed by atoms with E-state index in [4.69, 9.17) is 32.7 Å². The summed E-state index contributed by atoms with van der Waals surface area (Å²) in [5, 5.41) is 6.45. The Balaban J connectivity index is 1.92. The van der Waals surface area contributed by atoms with Gasteiger partial charge in [0.1, 0.15) is 0 Å². The van der Waals surface area contributed by atoms with Crippen LogP contribution in [-0.4, -0.2) is 25.3 Å². The number of ether oxygens (including phenoxy) is 2. The topological polar surface area (TPSA) is 51.1 Å². The molecule has 0 spiro atoms. The Hall–Kier alpha value is -2.50. The standard InChI is InChI=1S/C20H18Cl2N2O3/c1-4-27-18-8-5-13(10-19(18)26-3)9-15-12(2)23-24(20(15)25)14-6-7-16(21)17(22)11-14/h5-11H,4H2,1-3H3/b15-9-. The maximum absolute atomic E-state index is 12.9. The molecule has 1 heterocycles. The van der Waals surface area contributed by atoms with Gasteiger partial charge < -0.3 is 9.47 Å². The third-order valence-corrected chi connectivity index (χ3v) is 4.75. The fraction of sp³-hybridized carbons (Fsp3) is 0.200. The summed E-state index contributed by atoms with van der Waals surface area (Å²) in [4.78, 5) is 12.9. The molecular weight excluding hydrogens is 387 g/mol. The minimum Gasteiger partial charge on any atom is -0.493 e. The van der Waals surface area contributed by atoms with E-state index in [9.17, 15) is 4.79 Å². The van der Waals surface area contributed by atoms with Crippen LogP contribution in [0.3, 0.4) is 0 Å². The summed E-state index contributed by atoms with van der Waals surface area (Å²) in [6.07, 6.45) is 1.77. The van der Waals surface area contributed by atoms with Gasteiger partial charge in [0.05, 0.1) is 40.7 Å². The number of nitrogens with zero attached hydrogens (tertiary/aromatic N) is 2. The molecule has 1 amide bonds. The van der Waals surface area contributed by atoms with Crippen LogP contribution in [0.15, 0.2) is 47.1 Å². The van der Waals surface area contributed by atoms with Crippen molar-refractivity contribution >= 4 is 46.6 Å². The first kappa shape index (κ1) is 19.3. The van der Waals surface area contributed by atoms with E-state index in [1.807, 2.05) is 25.1 Å². The summed E-state index contributed by atoms with van der Waals surface area (Å²) in [6.45, 7) is 4.23. The average molecular weight is 405 g/mol. The van der Waals surface area contributed by atoms with Crippen molar-refractivity contribution < 1.29 is 14.3 Å². The van der Waals surface area contributed by atoms with Crippen molar-refractivity contribution in [2.75, 3.05) is 18.7 Å². The van der Waals surface area contributed by atoms with Gasteiger partial charge in [-0.15, -0.1) is 0 Å². The predicted molar refractivity (Wildman–Crippen MR) is 109 cm³/mol. The number of rotatable bonds is 5. The first-order valence-electron chi connectivity index (χ1n) is 8.32. The summed E-state index contributed by atoms with van der Waals surface area (Å²) < 4.78 is 10.9. The van der Waals surface area contributed by atoms with E-state index in [1.54, 1.807) is 38.3 Å². The lowest BCUT2D eigenvalue weighted by Gasteiger charge is -2.12. The quantitative estimate of drug-likeness (QED) is 0.642. The van der Waals surface area contributed by atoms with Crippen LogP contribution >= 0.6 is 23.2 Å². The van der Waals surface area contributed by atoms with Gasteiger partial charge in [0, 0.05) is 0 Å². The summed E-state index contributed by atoms with van der Waals surface area (Å²) in [7, 11) is 1.58. The molecule has 3 rings (SSSR count). The number of benzene rings is 2. The summed E-state index contributed by atoms with van der Waals surface area (Å²) >= 11 is 12.0. The van der Waals surface area contributed by atoms with E-state index in [-0.39, 0.29) is 5.91 Å². The number of hydrazone groups is 1. The Morgan fingerprint density at radius 1 is 1.11 bits per heavy atom. The Labute approximate surface area is 167 Å². The molecule has 1 aliphatic heterocycles. The molecule has 0 bridgehead atoms. The summed E-state index contributed by atoms with van der Waals surface area (Å²) in [5.41, 5.74) is 2.47. The van der Waals surface area contributed by atoms with Gasteiger partial charge in [-0.05, 0) is 55.8 Å². The van der Waals surface area contributed by atoms with E-state index in [0.29, 0.717) is 45.1 Å². The highest BCUT2D eigenvalue weighted by Crippen LogP contribution is 2.32. The molecule has 0 radical (unpaired) electrons. The molecule has 5 nitrogen and oxygen atoms in total. The molecule has 0 saturated carbocycles. The molecule has 0 aliphatic carbocycles. The van der Waals surface area contributed by atoms with E-state index in [0.717, 1.165) is 5.56 Å². The van der Waals surface area contributed by atoms with Crippen molar-refractivity contribution in [3.63, 3.8) is 0 Å². The maximum Gasteiger partial charge on any atom is 0.280 e. The Morgan fingerprint density at radius 2 is 1.89 bits per heavy atom. The number of halogens is 2. The predicted octanol–water partition coefficient (Wildman–Crippen LogP) is 5.21. The van der Waals surface area contributed by atoms with Crippen LogP contribution in [0.5, 0.6) is 11.5 Å². The number of hydrogen-bond acceptors (Lipinski definition) is 4. The first-order valence-corrected chi connectivity index (χ1v) is 9.07. The highest BCUT2D eigenvalue weighted by Gasteiger charge is 2.29. The van der Waals surface area contributed by atoms with Crippen molar-refractivity contribution in [1.29, 1.82) is 0 Å². The third-order valence-electron chi connectivity index (χ3n) is 4.01. The number of carbonyl (C=O) groups is 1. The molecule has 2 aromatic carbocycles. The van der Waals surface area contributed by atoms with Gasteiger partial charge in [-0.25, -0.2) is 0 Å². The lowest BCUT2D eigenvalue weighted by atomic mass is 10.1. The number of methoxy groups -OCH3 is 1. The highest BCUT2D eigenvalue weighted by atomic mass is 35.5. The van der Waals surface area contributed by atoms with Crippen molar-refractivity contribution in [3.8, 4) is 11.5 Å². The molecule has 0 aromatic heterocycles. The fourth-order valence-corrected chi connectivity index (χ4v) is 2.98. The molecule has 7 heteroatoms. The van der Waals surface area contributed by atoms with E-state index in [2.05, 4.69) is 5.10 Å². The van der Waals surface area contributed by atoms with Crippen LogP contribution < -0.4 is 14.5 Å². The number of amides is 1. The van der Waals surface area contributed by atoms with Crippen molar-refractivity contribution in [3.05, 3.63) is 57.6 Å². The van der Waals surface area contributed by atoms with E-state index < -0.39 is 0 Å². The Morgan fingerprint density at radius 3 is 2.56 bits per heavy atom. The van der Waals surface area contributed by atoms with Gasteiger partial charge in [-0.1, -0.05) is 29.3 Å². The van der Waals surface area contributed by atoms with Gasteiger partial charge in [0.15, 0.2) is 11.5 Å². The molecule has 27 heavy (non-hydrogen) atoms. The van der Waals surface area contributed by atoms with Gasteiger partial charge in [-0.3, -0.25) is 4.79 Å². The first-order chi connectivity index (χ1) is 12.9. The second-order valence-electron chi connectivity index (χ2n) is 5.80. The molecule has 2 aromatic rings. The largest absolute Gasteiger partial charge is 0.493 e. The Bertz CT molecular complexity index is 954. The normalized spacial score (nSPS) is 15.3. The van der Waals surface area contributed by atoms with Crippen LogP contribution in [-0.2, 0) is 4.79 Å². The summed E-state index contributed by atoms with van der Waals surface area (Å²) in [6, 6.07) is 10.4. The van der Waals surface area contributed by atoms with E-state index >= 15 is 0 Å². The molecule has 0 atom stereocenters. The lowest BCUT2D eigenvalue weighted by molar-refractivity contribution is -0.114. The number of anilines is 1. The number of carbonyl (C=O) groups excluding carboxylic acids is 1. The lowest BCUT2D eigenvalue weighted by Crippen LogP contribution is -2.21. The average Bonchev–Trinajstić information content (AvgIpc) is 2.93. The molecule has 0 unspecified atom stereocenters. The third kappa shape index (κ3) is 3.94. The van der Waals surface area contributed by atoms with Crippen LogP contribution in [0.4, 0.5) is 5.69 Å². The molecule has 140 valence electrons. The molecule has 0 fully saturated rings. The van der Waals surface area contributed by atoms with Gasteiger partial charge in [-0.2, -0.15) is 10.1 Å². The summed E-state index contributed by atoms with van der Waals surface area (Å²) in [5.74, 6) is 1.02. The second-order valence-corrected chi connectivity index (χ2v) is 6.62. The second kappa shape index (κ2) is 8.03. The zero-order chi connectivity index (χ0) is 19.6. The smallest absolute Gasteiger partial charge is 0.280 e. The van der Waals surface area contributed by atoms with Crippen LogP contribution in [0.2, 0.25) is 10.0 Å². The van der Waals surface area contributed by atoms with E-state index in [1.165, 1.54) is 5.01 Å². The molecular formula is C20H18Cl2N2O3. The van der Waals surface area contributed by atoms with Crippen molar-refractivity contribution in [2.45, 2.75) is 13.8 Å². The van der Waals surface area contributed by atoms with Crippen LogP contribution in [0.1, 0.15) is 19.4 Å². The zero-order valence-corrected chi connectivity index (χ0v) is 16.6. The highest BCUT2D eigenvalue weighted by molar-refractivity contribution is 6.42. The minimum absolute atomic E-state index is 0.237. The van der Waals surface area contributed by atoms with Gasteiger partial charge >= 0.3 is 0 Å². The van der Waals surface area contributed by atoms with Crippen LogP contribution in [0, 0.1) is 0 Å². The molecule has 0 N–H and O–H groups in total. The Kier molecular flexibility index (Phi) is 5.73. The van der Waals surface area contributed by atoms with Gasteiger partial charge in [0.25, 0.3) is 5.91 Å². The monoisotopic (exact) mass is 404 g/mol. The fourth-order valence-electron chi connectivity index (χ4n) is 2.69. The number of hydrogen-bond donors (Lipinski definition) is 0. The maximum atomic E-state index is 12.9. The van der Waals surface area contributed by atoms with Crippen molar-refractivity contribution in [2.24, 2.45) is 5.10 Å². The van der Waals surface area contributed by atoms with Crippen LogP contribution in [0.25, 0.3) is 6.08 Å². The zero-order valence-electron chi connectivity index (χ0n) is 15.1. The minimum atomic E-state index is -0.237. The molecule has 0 saturated heterocycles. The SMILES string of the molecule is CCOc1ccc(/C=C2\C(=O)N(c3ccc(Cl)c(Cl)c3)N=C2C)cc1OC. The molecule has 1 aliphatic rings. The van der Waals surface area contributed by atoms with Crippen molar-refractivity contribution in [1.82, 2.24) is 0 Å².